The zero-order valence-corrected chi connectivity index (χ0v) is 16.8. The molecule has 0 aliphatic carbocycles. The first kappa shape index (κ1) is 21.3. The molecule has 0 atom stereocenters. The summed E-state index contributed by atoms with van der Waals surface area (Å²) in [7, 11) is 0. The molecule has 0 saturated carbocycles. The van der Waals surface area contributed by atoms with Crippen LogP contribution in [0.5, 0.6) is 5.75 Å². The van der Waals surface area contributed by atoms with Crippen molar-refractivity contribution in [2.45, 2.75) is 26.3 Å². The zero-order valence-electron chi connectivity index (χ0n) is 16.8. The van der Waals surface area contributed by atoms with Crippen LogP contribution in [0, 0.1) is 0 Å². The second-order valence-electron chi connectivity index (χ2n) is 6.87. The Balaban J connectivity index is 1.63. The summed E-state index contributed by atoms with van der Waals surface area (Å²) < 4.78 is 10.3. The van der Waals surface area contributed by atoms with E-state index in [9.17, 15) is 14.4 Å². The molecule has 0 spiro atoms. The highest BCUT2D eigenvalue weighted by Crippen LogP contribution is 2.18. The fourth-order valence-electron chi connectivity index (χ4n) is 3.07. The molecule has 156 valence electrons. The van der Waals surface area contributed by atoms with Gasteiger partial charge in [-0.2, -0.15) is 0 Å². The van der Waals surface area contributed by atoms with E-state index in [4.69, 9.17) is 9.47 Å². The minimum Gasteiger partial charge on any atom is -0.427 e. The number of hydrogen-bond acceptors (Lipinski definition) is 5. The van der Waals surface area contributed by atoms with Gasteiger partial charge in [0.25, 0.3) is 5.91 Å². The summed E-state index contributed by atoms with van der Waals surface area (Å²) in [5.41, 5.74) is 2.86. The molecule has 2 aromatic carbocycles. The summed E-state index contributed by atoms with van der Waals surface area (Å²) in [6, 6.07) is 13.7. The maximum Gasteiger partial charge on any atom is 0.308 e. The van der Waals surface area contributed by atoms with Crippen LogP contribution in [0.1, 0.15) is 35.7 Å². The minimum absolute atomic E-state index is 0.195. The van der Waals surface area contributed by atoms with Crippen LogP contribution in [-0.4, -0.2) is 31.0 Å². The topological polar surface area (TPSA) is 93.7 Å². The van der Waals surface area contributed by atoms with E-state index >= 15 is 0 Å². The average molecular weight is 408 g/mol. The highest BCUT2D eigenvalue weighted by Gasteiger charge is 2.11. The Morgan fingerprint density at radius 1 is 1.07 bits per heavy atom. The molecule has 7 heteroatoms. The van der Waals surface area contributed by atoms with Crippen LogP contribution in [0.25, 0.3) is 0 Å². The van der Waals surface area contributed by atoms with Crippen molar-refractivity contribution >= 4 is 23.5 Å². The largest absolute Gasteiger partial charge is 0.427 e. The summed E-state index contributed by atoms with van der Waals surface area (Å²) in [5, 5.41) is 5.72. The van der Waals surface area contributed by atoms with Crippen LogP contribution in [0.3, 0.4) is 0 Å². The number of ether oxygens (including phenoxy) is 2. The minimum atomic E-state index is -0.451. The molecular weight excluding hydrogens is 384 g/mol. The van der Waals surface area contributed by atoms with Gasteiger partial charge in [-0.3, -0.25) is 14.4 Å². The van der Waals surface area contributed by atoms with Crippen molar-refractivity contribution in [1.82, 2.24) is 5.32 Å². The van der Waals surface area contributed by atoms with Crippen LogP contribution in [0.15, 0.2) is 60.2 Å². The molecule has 3 rings (SSSR count). The predicted octanol–water partition coefficient (Wildman–Crippen LogP) is 3.22. The molecule has 1 fully saturated rings. The Bertz CT molecular complexity index is 960. The molecule has 1 aliphatic rings. The summed E-state index contributed by atoms with van der Waals surface area (Å²) >= 11 is 0. The van der Waals surface area contributed by atoms with Gasteiger partial charge in [0.1, 0.15) is 5.75 Å². The molecular formula is C23H24N2O5. The third-order valence-corrected chi connectivity index (χ3v) is 4.54. The number of nitrogens with one attached hydrogen (secondary N) is 2. The van der Waals surface area contributed by atoms with Gasteiger partial charge in [0.2, 0.25) is 5.91 Å². The normalized spacial score (nSPS) is 13.3. The van der Waals surface area contributed by atoms with Crippen LogP contribution in [-0.2, 0) is 20.9 Å². The van der Waals surface area contributed by atoms with Crippen molar-refractivity contribution in [2.24, 2.45) is 0 Å². The SMILES string of the molecule is CC(=O)Oc1cccc(C(=O)NCc2ccccc2NC(=O)C=C2CCOCC2)c1. The molecule has 30 heavy (non-hydrogen) atoms. The smallest absolute Gasteiger partial charge is 0.308 e. The van der Waals surface area contributed by atoms with Gasteiger partial charge in [-0.25, -0.2) is 0 Å². The average Bonchev–Trinajstić information content (AvgIpc) is 2.73. The van der Waals surface area contributed by atoms with Gasteiger partial charge in [0.15, 0.2) is 0 Å². The van der Waals surface area contributed by atoms with Crippen molar-refractivity contribution in [1.29, 1.82) is 0 Å². The number of carbonyl (C=O) groups excluding carboxylic acids is 3. The third-order valence-electron chi connectivity index (χ3n) is 4.54. The highest BCUT2D eigenvalue weighted by molar-refractivity contribution is 6.00. The Hall–Kier alpha value is -3.45. The van der Waals surface area contributed by atoms with Gasteiger partial charge in [-0.1, -0.05) is 29.8 Å². The lowest BCUT2D eigenvalue weighted by molar-refractivity contribution is -0.131. The van der Waals surface area contributed by atoms with Gasteiger partial charge >= 0.3 is 5.97 Å². The molecule has 1 heterocycles. The Labute approximate surface area is 175 Å². The first-order chi connectivity index (χ1) is 14.5. The van der Waals surface area contributed by atoms with Gasteiger partial charge in [0, 0.05) is 30.8 Å². The van der Waals surface area contributed by atoms with E-state index in [2.05, 4.69) is 10.6 Å². The lowest BCUT2D eigenvalue weighted by Gasteiger charge is -2.15. The van der Waals surface area contributed by atoms with E-state index in [0.29, 0.717) is 30.2 Å². The van der Waals surface area contributed by atoms with Gasteiger partial charge in [-0.15, -0.1) is 0 Å². The number of carbonyl (C=O) groups is 3. The predicted molar refractivity (Wildman–Crippen MR) is 112 cm³/mol. The standard InChI is InChI=1S/C23H24N2O5/c1-16(26)30-20-7-4-6-18(14-20)23(28)24-15-19-5-2-3-8-21(19)25-22(27)13-17-9-11-29-12-10-17/h2-8,13-14H,9-12,15H2,1H3,(H,24,28)(H,25,27). The third kappa shape index (κ3) is 6.28. The number of benzene rings is 2. The van der Waals surface area contributed by atoms with Crippen molar-refractivity contribution in [3.05, 3.63) is 71.3 Å². The molecule has 1 saturated heterocycles. The zero-order chi connectivity index (χ0) is 21.3. The molecule has 2 N–H and O–H groups in total. The highest BCUT2D eigenvalue weighted by atomic mass is 16.5. The van der Waals surface area contributed by atoms with Gasteiger partial charge in [-0.05, 0) is 42.7 Å². The molecule has 0 bridgehead atoms. The van der Waals surface area contributed by atoms with Crippen LogP contribution in [0.4, 0.5) is 5.69 Å². The molecule has 7 nitrogen and oxygen atoms in total. The van der Waals surface area contributed by atoms with E-state index in [1.54, 1.807) is 30.3 Å². The molecule has 0 radical (unpaired) electrons. The summed E-state index contributed by atoms with van der Waals surface area (Å²) in [6.45, 7) is 2.81. The molecule has 2 aromatic rings. The summed E-state index contributed by atoms with van der Waals surface area (Å²) in [6.07, 6.45) is 3.15. The fourth-order valence-corrected chi connectivity index (χ4v) is 3.07. The lowest BCUT2D eigenvalue weighted by atomic mass is 10.1. The van der Waals surface area contributed by atoms with Crippen molar-refractivity contribution in [2.75, 3.05) is 18.5 Å². The fraction of sp³-hybridized carbons (Fsp3) is 0.261. The maximum atomic E-state index is 12.5. The van der Waals surface area contributed by atoms with E-state index in [0.717, 1.165) is 24.0 Å². The number of hydrogen-bond donors (Lipinski definition) is 2. The van der Waals surface area contributed by atoms with E-state index in [1.165, 1.54) is 13.0 Å². The maximum absolute atomic E-state index is 12.5. The van der Waals surface area contributed by atoms with Crippen molar-refractivity contribution < 1.29 is 23.9 Å². The first-order valence-electron chi connectivity index (χ1n) is 9.74. The Kier molecular flexibility index (Phi) is 7.34. The van der Waals surface area contributed by atoms with Gasteiger partial charge < -0.3 is 20.1 Å². The van der Waals surface area contributed by atoms with E-state index in [1.807, 2.05) is 18.2 Å². The van der Waals surface area contributed by atoms with E-state index < -0.39 is 5.97 Å². The number of esters is 1. The molecule has 1 aliphatic heterocycles. The quantitative estimate of drug-likeness (QED) is 0.435. The van der Waals surface area contributed by atoms with Crippen LogP contribution in [0.2, 0.25) is 0 Å². The molecule has 0 unspecified atom stereocenters. The second-order valence-corrected chi connectivity index (χ2v) is 6.87. The van der Waals surface area contributed by atoms with E-state index in [-0.39, 0.29) is 18.4 Å². The van der Waals surface area contributed by atoms with Crippen LogP contribution < -0.4 is 15.4 Å². The van der Waals surface area contributed by atoms with Crippen molar-refractivity contribution in [3.63, 3.8) is 0 Å². The monoisotopic (exact) mass is 408 g/mol. The van der Waals surface area contributed by atoms with Crippen LogP contribution >= 0.6 is 0 Å². The molecule has 0 aromatic heterocycles. The van der Waals surface area contributed by atoms with Gasteiger partial charge in [0.05, 0.1) is 13.2 Å². The Morgan fingerprint density at radius 2 is 1.83 bits per heavy atom. The van der Waals surface area contributed by atoms with Crippen molar-refractivity contribution in [3.8, 4) is 5.75 Å². The molecule has 2 amide bonds. The number of amides is 2. The number of rotatable bonds is 6. The second kappa shape index (κ2) is 10.4. The number of anilines is 1. The summed E-state index contributed by atoms with van der Waals surface area (Å²) in [5.74, 6) is -0.647. The summed E-state index contributed by atoms with van der Waals surface area (Å²) in [4.78, 5) is 35.9. The lowest BCUT2D eigenvalue weighted by Crippen LogP contribution is -2.24. The number of para-hydroxylation sites is 1. The Morgan fingerprint density at radius 3 is 2.60 bits per heavy atom. The first-order valence-corrected chi connectivity index (χ1v) is 9.74.